The van der Waals surface area contributed by atoms with Crippen LogP contribution < -0.4 is 10.5 Å². The lowest BCUT2D eigenvalue weighted by molar-refractivity contribution is 0.0395. The number of rotatable bonds is 3. The molecule has 144 valence electrons. The van der Waals surface area contributed by atoms with E-state index in [2.05, 4.69) is 19.9 Å². The van der Waals surface area contributed by atoms with E-state index >= 15 is 0 Å². The summed E-state index contributed by atoms with van der Waals surface area (Å²) < 4.78 is 5.92. The van der Waals surface area contributed by atoms with Gasteiger partial charge in [-0.3, -0.25) is 4.79 Å². The van der Waals surface area contributed by atoms with E-state index in [1.54, 1.807) is 13.1 Å². The fourth-order valence-electron chi connectivity index (χ4n) is 3.23. The number of aromatic amines is 1. The summed E-state index contributed by atoms with van der Waals surface area (Å²) in [6, 6.07) is 11.6. The Morgan fingerprint density at radius 2 is 1.96 bits per heavy atom. The second kappa shape index (κ2) is 7.73. The van der Waals surface area contributed by atoms with Gasteiger partial charge in [0.05, 0.1) is 6.61 Å². The number of halogens is 1. The van der Waals surface area contributed by atoms with Gasteiger partial charge in [0.2, 0.25) is 0 Å². The molecule has 1 N–H and O–H groups in total. The van der Waals surface area contributed by atoms with E-state index < -0.39 is 0 Å². The van der Waals surface area contributed by atoms with Crippen molar-refractivity contribution in [2.45, 2.75) is 20.0 Å². The highest BCUT2D eigenvalue weighted by Crippen LogP contribution is 2.27. The van der Waals surface area contributed by atoms with Gasteiger partial charge in [0.15, 0.2) is 0 Å². The lowest BCUT2D eigenvalue weighted by Crippen LogP contribution is -2.38. The molecule has 0 bridgehead atoms. The highest BCUT2D eigenvalue weighted by molar-refractivity contribution is 6.30. The number of nitrogens with one attached hydrogen (secondary N) is 1. The Balaban J connectivity index is 1.53. The van der Waals surface area contributed by atoms with Crippen LogP contribution in [0, 0.1) is 13.8 Å². The van der Waals surface area contributed by atoms with E-state index in [1.165, 1.54) is 0 Å². The van der Waals surface area contributed by atoms with Crippen LogP contribution in [0.1, 0.15) is 22.9 Å². The molecule has 4 rings (SSSR count). The first-order valence-electron chi connectivity index (χ1n) is 9.17. The van der Waals surface area contributed by atoms with Gasteiger partial charge in [-0.25, -0.2) is 9.97 Å². The van der Waals surface area contributed by atoms with E-state index in [1.807, 2.05) is 43.3 Å². The summed E-state index contributed by atoms with van der Waals surface area (Å²) in [5.41, 5.74) is 3.12. The van der Waals surface area contributed by atoms with E-state index in [4.69, 9.17) is 16.3 Å². The molecule has 2 aromatic heterocycles. The lowest BCUT2D eigenvalue weighted by atomic mass is 10.1. The normalized spacial score (nSPS) is 17.0. The van der Waals surface area contributed by atoms with E-state index in [0.29, 0.717) is 29.6 Å². The van der Waals surface area contributed by atoms with Gasteiger partial charge in [-0.1, -0.05) is 23.7 Å². The number of ether oxygens (including phenoxy) is 1. The Morgan fingerprint density at radius 1 is 1.18 bits per heavy atom. The number of nitrogens with zero attached hydrogens (tertiary/aromatic N) is 3. The van der Waals surface area contributed by atoms with Gasteiger partial charge in [0.25, 0.3) is 5.56 Å². The minimum absolute atomic E-state index is 0.0229. The SMILES string of the molecule is Cc1nc(-c2ccc(N3CCOC(c4ccc(Cl)cc4)C3)nc2)[nH]c(=O)c1C. The monoisotopic (exact) mass is 396 g/mol. The average molecular weight is 397 g/mol. The summed E-state index contributed by atoms with van der Waals surface area (Å²) >= 11 is 5.98. The number of benzene rings is 1. The number of morpholine rings is 1. The number of aromatic nitrogens is 3. The van der Waals surface area contributed by atoms with Gasteiger partial charge in [-0.2, -0.15) is 0 Å². The van der Waals surface area contributed by atoms with Crippen LogP contribution in [0.5, 0.6) is 0 Å². The molecule has 0 aliphatic carbocycles. The zero-order valence-electron chi connectivity index (χ0n) is 15.8. The van der Waals surface area contributed by atoms with Crippen molar-refractivity contribution in [3.63, 3.8) is 0 Å². The Labute approximate surface area is 168 Å². The molecule has 1 aromatic carbocycles. The Hall–Kier alpha value is -2.70. The molecule has 0 saturated carbocycles. The second-order valence-electron chi connectivity index (χ2n) is 6.89. The van der Waals surface area contributed by atoms with Crippen molar-refractivity contribution in [1.82, 2.24) is 15.0 Å². The molecule has 1 aliphatic heterocycles. The zero-order valence-corrected chi connectivity index (χ0v) is 16.5. The molecule has 3 aromatic rings. The summed E-state index contributed by atoms with van der Waals surface area (Å²) in [6.07, 6.45) is 1.72. The largest absolute Gasteiger partial charge is 0.370 e. The molecule has 3 heterocycles. The number of aryl methyl sites for hydroxylation is 1. The highest BCUT2D eigenvalue weighted by atomic mass is 35.5. The van der Waals surface area contributed by atoms with Crippen molar-refractivity contribution >= 4 is 17.4 Å². The third kappa shape index (κ3) is 3.79. The fraction of sp³-hybridized carbons (Fsp3) is 0.286. The first-order valence-corrected chi connectivity index (χ1v) is 9.55. The van der Waals surface area contributed by atoms with Gasteiger partial charge in [-0.05, 0) is 43.7 Å². The molecular formula is C21H21ClN4O2. The maximum atomic E-state index is 12.0. The Morgan fingerprint density at radius 3 is 2.64 bits per heavy atom. The molecule has 28 heavy (non-hydrogen) atoms. The van der Waals surface area contributed by atoms with Crippen molar-refractivity contribution in [2.75, 3.05) is 24.6 Å². The van der Waals surface area contributed by atoms with Crippen LogP contribution in [-0.4, -0.2) is 34.6 Å². The number of pyridine rings is 1. The van der Waals surface area contributed by atoms with Gasteiger partial charge in [0, 0.05) is 41.1 Å². The predicted octanol–water partition coefficient (Wildman–Crippen LogP) is 3.68. The van der Waals surface area contributed by atoms with Crippen molar-refractivity contribution in [2.24, 2.45) is 0 Å². The van der Waals surface area contributed by atoms with E-state index in [0.717, 1.165) is 29.2 Å². The summed E-state index contributed by atoms with van der Waals surface area (Å²) in [5, 5.41) is 0.715. The number of H-pyrrole nitrogens is 1. The van der Waals surface area contributed by atoms with Crippen LogP contribution in [0.2, 0.25) is 5.02 Å². The summed E-state index contributed by atoms with van der Waals surface area (Å²) in [5.74, 6) is 1.41. The first-order chi connectivity index (χ1) is 13.5. The topological polar surface area (TPSA) is 71.1 Å². The third-order valence-corrected chi connectivity index (χ3v) is 5.30. The molecule has 0 radical (unpaired) electrons. The maximum absolute atomic E-state index is 12.0. The predicted molar refractivity (Wildman–Crippen MR) is 110 cm³/mol. The van der Waals surface area contributed by atoms with Crippen LogP contribution >= 0.6 is 11.6 Å². The average Bonchev–Trinajstić information content (AvgIpc) is 2.72. The first kappa shape index (κ1) is 18.7. The summed E-state index contributed by atoms with van der Waals surface area (Å²) in [4.78, 5) is 26.1. The van der Waals surface area contributed by atoms with Crippen LogP contribution in [0.15, 0.2) is 47.4 Å². The van der Waals surface area contributed by atoms with Gasteiger partial charge in [0.1, 0.15) is 17.7 Å². The molecule has 1 atom stereocenters. The van der Waals surface area contributed by atoms with Crippen LogP contribution in [0.25, 0.3) is 11.4 Å². The maximum Gasteiger partial charge on any atom is 0.254 e. The lowest BCUT2D eigenvalue weighted by Gasteiger charge is -2.34. The van der Waals surface area contributed by atoms with Crippen LogP contribution in [0.3, 0.4) is 0 Å². The minimum atomic E-state index is -0.120. The number of anilines is 1. The highest BCUT2D eigenvalue weighted by Gasteiger charge is 2.23. The summed E-state index contributed by atoms with van der Waals surface area (Å²) in [6.45, 7) is 5.72. The van der Waals surface area contributed by atoms with Crippen molar-refractivity contribution in [1.29, 1.82) is 0 Å². The van der Waals surface area contributed by atoms with Gasteiger partial charge < -0.3 is 14.6 Å². The number of hydrogen-bond acceptors (Lipinski definition) is 5. The van der Waals surface area contributed by atoms with Crippen molar-refractivity contribution < 1.29 is 4.74 Å². The third-order valence-electron chi connectivity index (χ3n) is 5.05. The molecule has 1 unspecified atom stereocenters. The van der Waals surface area contributed by atoms with Crippen molar-refractivity contribution in [3.05, 3.63) is 74.8 Å². The quantitative estimate of drug-likeness (QED) is 0.731. The minimum Gasteiger partial charge on any atom is -0.370 e. The second-order valence-corrected chi connectivity index (χ2v) is 7.32. The molecule has 1 aliphatic rings. The van der Waals surface area contributed by atoms with E-state index in [-0.39, 0.29) is 11.7 Å². The zero-order chi connectivity index (χ0) is 19.7. The number of hydrogen-bond donors (Lipinski definition) is 1. The molecule has 1 saturated heterocycles. The molecule has 1 fully saturated rings. The van der Waals surface area contributed by atoms with Gasteiger partial charge >= 0.3 is 0 Å². The smallest absolute Gasteiger partial charge is 0.254 e. The Bertz CT molecular complexity index is 1030. The van der Waals surface area contributed by atoms with Crippen LogP contribution in [-0.2, 0) is 4.74 Å². The Kier molecular flexibility index (Phi) is 5.15. The van der Waals surface area contributed by atoms with Crippen LogP contribution in [0.4, 0.5) is 5.82 Å². The summed E-state index contributed by atoms with van der Waals surface area (Å²) in [7, 11) is 0. The van der Waals surface area contributed by atoms with Crippen molar-refractivity contribution in [3.8, 4) is 11.4 Å². The van der Waals surface area contributed by atoms with E-state index in [9.17, 15) is 4.79 Å². The standard InChI is InChI=1S/C21H21ClN4O2/c1-13-14(2)24-20(25-21(13)27)16-5-8-19(23-11-16)26-9-10-28-18(12-26)15-3-6-17(22)7-4-15/h3-8,11,18H,9-10,12H2,1-2H3,(H,24,25,27). The molecular weight excluding hydrogens is 376 g/mol. The molecule has 6 nitrogen and oxygen atoms in total. The molecule has 0 spiro atoms. The molecule has 7 heteroatoms. The fourth-order valence-corrected chi connectivity index (χ4v) is 3.36. The molecule has 0 amide bonds. The van der Waals surface area contributed by atoms with Gasteiger partial charge in [-0.15, -0.1) is 0 Å².